The lowest BCUT2D eigenvalue weighted by Gasteiger charge is -2.21. The number of rotatable bonds is 10. The van der Waals surface area contributed by atoms with Crippen molar-refractivity contribution in [3.05, 3.63) is 34.7 Å². The lowest BCUT2D eigenvalue weighted by molar-refractivity contribution is 0.0143. The highest BCUT2D eigenvalue weighted by Gasteiger charge is 2.12. The average molecular weight is 315 g/mol. The Kier molecular flexibility index (Phi) is 7.88. The highest BCUT2D eigenvalue weighted by atomic mass is 16.5. The molecule has 0 N–H and O–H groups in total. The van der Waals surface area contributed by atoms with E-state index in [1.165, 1.54) is 55.4 Å². The van der Waals surface area contributed by atoms with Crippen LogP contribution in [0.1, 0.15) is 65.7 Å². The number of fused-ring (bicyclic) bond motifs is 1. The van der Waals surface area contributed by atoms with Gasteiger partial charge in [-0.2, -0.15) is 0 Å². The molecule has 0 amide bonds. The van der Waals surface area contributed by atoms with E-state index in [2.05, 4.69) is 57.2 Å². The van der Waals surface area contributed by atoms with Gasteiger partial charge in [-0.3, -0.25) is 0 Å². The zero-order valence-electron chi connectivity index (χ0n) is 15.3. The first-order valence-electron chi connectivity index (χ1n) is 9.59. The molecule has 0 aliphatic heterocycles. The first-order valence-corrected chi connectivity index (χ1v) is 9.59. The second-order valence-corrected chi connectivity index (χ2v) is 7.29. The Morgan fingerprint density at radius 3 is 2.61 bits per heavy atom. The summed E-state index contributed by atoms with van der Waals surface area (Å²) < 4.78 is 6.07. The SMILES string of the molecule is CCC[C@H](OCCCCCC1C=c2ccccc2=CC1)C(C)C. The van der Waals surface area contributed by atoms with Gasteiger partial charge in [-0.05, 0) is 48.0 Å². The van der Waals surface area contributed by atoms with E-state index in [9.17, 15) is 0 Å². The average Bonchev–Trinajstić information content (AvgIpc) is 2.56. The predicted molar refractivity (Wildman–Crippen MR) is 101 cm³/mol. The molecule has 1 aliphatic carbocycles. The third-order valence-corrected chi connectivity index (χ3v) is 4.92. The Balaban J connectivity index is 1.62. The van der Waals surface area contributed by atoms with Gasteiger partial charge in [0.15, 0.2) is 0 Å². The van der Waals surface area contributed by atoms with Gasteiger partial charge >= 0.3 is 0 Å². The first kappa shape index (κ1) is 18.3. The summed E-state index contributed by atoms with van der Waals surface area (Å²) in [6, 6.07) is 8.74. The van der Waals surface area contributed by atoms with Crippen molar-refractivity contribution in [1.82, 2.24) is 0 Å². The maximum atomic E-state index is 6.07. The third-order valence-electron chi connectivity index (χ3n) is 4.92. The van der Waals surface area contributed by atoms with Crippen molar-refractivity contribution in [2.24, 2.45) is 11.8 Å². The fraction of sp³-hybridized carbons (Fsp3) is 0.636. The van der Waals surface area contributed by atoms with Crippen molar-refractivity contribution in [2.45, 2.75) is 71.8 Å². The molecule has 1 aromatic rings. The van der Waals surface area contributed by atoms with E-state index in [0.717, 1.165) is 12.5 Å². The fourth-order valence-electron chi connectivity index (χ4n) is 3.46. The van der Waals surface area contributed by atoms with Gasteiger partial charge in [-0.1, -0.05) is 76.5 Å². The minimum absolute atomic E-state index is 0.456. The molecular weight excluding hydrogens is 280 g/mol. The highest BCUT2D eigenvalue weighted by Crippen LogP contribution is 2.18. The second kappa shape index (κ2) is 9.93. The first-order chi connectivity index (χ1) is 11.2. The molecule has 0 bridgehead atoms. The Bertz CT molecular complexity index is 558. The van der Waals surface area contributed by atoms with E-state index in [1.807, 2.05) is 0 Å². The Hall–Kier alpha value is -1.08. The molecule has 2 atom stereocenters. The monoisotopic (exact) mass is 314 g/mol. The normalized spacial score (nSPS) is 18.2. The van der Waals surface area contributed by atoms with Crippen molar-refractivity contribution >= 4 is 12.2 Å². The van der Waals surface area contributed by atoms with Crippen LogP contribution in [0.15, 0.2) is 24.3 Å². The van der Waals surface area contributed by atoms with Crippen LogP contribution >= 0.6 is 0 Å². The number of unbranched alkanes of at least 4 members (excludes halogenated alkanes) is 2. The largest absolute Gasteiger partial charge is 0.378 e. The zero-order chi connectivity index (χ0) is 16.5. The van der Waals surface area contributed by atoms with Crippen molar-refractivity contribution in [1.29, 1.82) is 0 Å². The zero-order valence-corrected chi connectivity index (χ0v) is 15.3. The quantitative estimate of drug-likeness (QED) is 0.570. The molecule has 1 aliphatic rings. The minimum Gasteiger partial charge on any atom is -0.378 e. The van der Waals surface area contributed by atoms with Crippen molar-refractivity contribution in [2.75, 3.05) is 6.61 Å². The summed E-state index contributed by atoms with van der Waals surface area (Å²) in [4.78, 5) is 0. The highest BCUT2D eigenvalue weighted by molar-refractivity contribution is 5.40. The number of ether oxygens (including phenoxy) is 1. The maximum Gasteiger partial charge on any atom is 0.0597 e. The molecule has 1 aromatic carbocycles. The lowest BCUT2D eigenvalue weighted by atomic mass is 9.92. The third kappa shape index (κ3) is 6.14. The van der Waals surface area contributed by atoms with Gasteiger partial charge in [-0.15, -0.1) is 0 Å². The Morgan fingerprint density at radius 1 is 1.09 bits per heavy atom. The molecule has 128 valence electrons. The van der Waals surface area contributed by atoms with Crippen LogP contribution in [0.4, 0.5) is 0 Å². The van der Waals surface area contributed by atoms with Gasteiger partial charge in [0.1, 0.15) is 0 Å². The summed E-state index contributed by atoms with van der Waals surface area (Å²) in [7, 11) is 0. The van der Waals surface area contributed by atoms with Crippen molar-refractivity contribution in [3.8, 4) is 0 Å². The number of hydrogen-bond acceptors (Lipinski definition) is 1. The van der Waals surface area contributed by atoms with Crippen LogP contribution in [0.3, 0.4) is 0 Å². The molecule has 0 saturated heterocycles. The summed E-state index contributed by atoms with van der Waals surface area (Å²) in [5.74, 6) is 1.37. The van der Waals surface area contributed by atoms with Crippen LogP contribution in [-0.2, 0) is 4.74 Å². The van der Waals surface area contributed by atoms with Crippen LogP contribution in [0, 0.1) is 11.8 Å². The van der Waals surface area contributed by atoms with E-state index in [0.29, 0.717) is 12.0 Å². The van der Waals surface area contributed by atoms with Crippen molar-refractivity contribution < 1.29 is 4.74 Å². The molecule has 0 fully saturated rings. The van der Waals surface area contributed by atoms with Crippen LogP contribution in [-0.4, -0.2) is 12.7 Å². The minimum atomic E-state index is 0.456. The molecule has 2 rings (SSSR count). The summed E-state index contributed by atoms with van der Waals surface area (Å²) in [5, 5.41) is 2.83. The van der Waals surface area contributed by atoms with Gasteiger partial charge in [0.25, 0.3) is 0 Å². The van der Waals surface area contributed by atoms with E-state index in [-0.39, 0.29) is 0 Å². The second-order valence-electron chi connectivity index (χ2n) is 7.29. The van der Waals surface area contributed by atoms with Crippen LogP contribution in [0.5, 0.6) is 0 Å². The smallest absolute Gasteiger partial charge is 0.0597 e. The number of hydrogen-bond donors (Lipinski definition) is 0. The lowest BCUT2D eigenvalue weighted by Crippen LogP contribution is -2.28. The van der Waals surface area contributed by atoms with Gasteiger partial charge in [0.05, 0.1) is 6.10 Å². The Labute approximate surface area is 142 Å². The molecule has 0 spiro atoms. The molecule has 0 saturated carbocycles. The summed E-state index contributed by atoms with van der Waals surface area (Å²) in [6.45, 7) is 7.72. The Morgan fingerprint density at radius 2 is 1.87 bits per heavy atom. The van der Waals surface area contributed by atoms with Crippen molar-refractivity contribution in [3.63, 3.8) is 0 Å². The van der Waals surface area contributed by atoms with Gasteiger partial charge in [0.2, 0.25) is 0 Å². The molecule has 0 radical (unpaired) electrons. The van der Waals surface area contributed by atoms with E-state index in [4.69, 9.17) is 4.74 Å². The topological polar surface area (TPSA) is 9.23 Å². The standard InChI is InChI=1S/C22H34O/c1-4-10-22(18(2)3)23-16-9-5-6-11-19-14-15-20-12-7-8-13-21(20)17-19/h7-8,12-13,15,17-19,22H,4-6,9-11,14,16H2,1-3H3/t19?,22-/m0/s1. The van der Waals surface area contributed by atoms with E-state index >= 15 is 0 Å². The summed E-state index contributed by atoms with van der Waals surface area (Å²) in [5.41, 5.74) is 0. The van der Waals surface area contributed by atoms with Crippen LogP contribution < -0.4 is 10.4 Å². The summed E-state index contributed by atoms with van der Waals surface area (Å²) in [6.07, 6.45) is 14.1. The maximum absolute atomic E-state index is 6.07. The summed E-state index contributed by atoms with van der Waals surface area (Å²) >= 11 is 0. The molecule has 1 nitrogen and oxygen atoms in total. The van der Waals surface area contributed by atoms with E-state index in [1.54, 1.807) is 0 Å². The van der Waals surface area contributed by atoms with E-state index < -0.39 is 0 Å². The van der Waals surface area contributed by atoms with Crippen LogP contribution in [0.2, 0.25) is 0 Å². The fourth-order valence-corrected chi connectivity index (χ4v) is 3.46. The molecule has 1 unspecified atom stereocenters. The molecule has 0 heterocycles. The van der Waals surface area contributed by atoms with Crippen LogP contribution in [0.25, 0.3) is 12.2 Å². The molecule has 23 heavy (non-hydrogen) atoms. The molecule has 0 aromatic heterocycles. The molecule has 1 heteroatoms. The van der Waals surface area contributed by atoms with Gasteiger partial charge in [-0.25, -0.2) is 0 Å². The predicted octanol–water partition coefficient (Wildman–Crippen LogP) is 4.67. The molecular formula is C22H34O. The van der Waals surface area contributed by atoms with Gasteiger partial charge < -0.3 is 4.74 Å². The number of benzene rings is 1. The van der Waals surface area contributed by atoms with Gasteiger partial charge in [0, 0.05) is 6.61 Å².